The molecule has 0 saturated carbocycles. The lowest BCUT2D eigenvalue weighted by molar-refractivity contribution is -0.117. The van der Waals surface area contributed by atoms with Crippen molar-refractivity contribution in [1.29, 1.82) is 0 Å². The average Bonchev–Trinajstić information content (AvgIpc) is 2.62. The number of benzene rings is 2. The van der Waals surface area contributed by atoms with Gasteiger partial charge in [-0.1, -0.05) is 15.9 Å². The van der Waals surface area contributed by atoms with Crippen LogP contribution in [0.4, 0.5) is 5.69 Å². The first-order chi connectivity index (χ1) is 12.7. The molecule has 1 amide bonds. The minimum absolute atomic E-state index is 0.0594. The van der Waals surface area contributed by atoms with Crippen molar-refractivity contribution in [2.45, 2.75) is 24.8 Å². The summed E-state index contributed by atoms with van der Waals surface area (Å²) >= 11 is 3.24. The Labute approximate surface area is 166 Å². The van der Waals surface area contributed by atoms with Crippen molar-refractivity contribution in [2.75, 3.05) is 11.9 Å². The first kappa shape index (κ1) is 21.1. The van der Waals surface area contributed by atoms with Crippen LogP contribution in [0.3, 0.4) is 0 Å². The van der Waals surface area contributed by atoms with E-state index in [9.17, 15) is 18.0 Å². The number of amides is 1. The molecule has 2 rings (SSSR count). The summed E-state index contributed by atoms with van der Waals surface area (Å²) in [5.74, 6) is -0.981. The predicted molar refractivity (Wildman–Crippen MR) is 105 cm³/mol. The molecule has 1 unspecified atom stereocenters. The van der Waals surface area contributed by atoms with Crippen molar-refractivity contribution in [2.24, 2.45) is 0 Å². The third-order valence-electron chi connectivity index (χ3n) is 3.51. The highest BCUT2D eigenvalue weighted by Crippen LogP contribution is 2.15. The summed E-state index contributed by atoms with van der Waals surface area (Å²) in [5, 5.41) is 2.60. The number of sulfonamides is 1. The highest BCUT2D eigenvalue weighted by Gasteiger charge is 2.22. The number of hydrogen-bond donors (Lipinski definition) is 2. The zero-order valence-electron chi connectivity index (χ0n) is 14.7. The number of carbonyl (C=O) groups excluding carboxylic acids is 2. The van der Waals surface area contributed by atoms with E-state index in [0.717, 1.165) is 4.47 Å². The summed E-state index contributed by atoms with van der Waals surface area (Å²) in [6.45, 7) is 3.43. The maximum absolute atomic E-state index is 12.3. The van der Waals surface area contributed by atoms with Crippen LogP contribution in [-0.2, 0) is 19.6 Å². The fourth-order valence-electron chi connectivity index (χ4n) is 2.12. The Morgan fingerprint density at radius 1 is 1.07 bits per heavy atom. The first-order valence-corrected chi connectivity index (χ1v) is 10.4. The van der Waals surface area contributed by atoms with Crippen LogP contribution < -0.4 is 10.0 Å². The second-order valence-corrected chi connectivity index (χ2v) is 8.21. The van der Waals surface area contributed by atoms with Crippen LogP contribution in [0, 0.1) is 0 Å². The number of halogens is 1. The van der Waals surface area contributed by atoms with Crippen LogP contribution >= 0.6 is 15.9 Å². The topological polar surface area (TPSA) is 102 Å². The molecular formula is C18H19BrN2O5S. The molecule has 0 aromatic heterocycles. The zero-order chi connectivity index (χ0) is 20.0. The van der Waals surface area contributed by atoms with E-state index in [1.807, 2.05) is 0 Å². The first-order valence-electron chi connectivity index (χ1n) is 8.09. The van der Waals surface area contributed by atoms with Crippen molar-refractivity contribution in [1.82, 2.24) is 4.72 Å². The molecule has 2 aromatic carbocycles. The third-order valence-corrected chi connectivity index (χ3v) is 5.60. The number of anilines is 1. The molecule has 0 aliphatic heterocycles. The van der Waals surface area contributed by atoms with Crippen molar-refractivity contribution < 1.29 is 22.7 Å². The quantitative estimate of drug-likeness (QED) is 0.626. The van der Waals surface area contributed by atoms with Gasteiger partial charge in [0.1, 0.15) is 0 Å². The minimum Gasteiger partial charge on any atom is -0.462 e. The number of rotatable bonds is 7. The lowest BCUT2D eigenvalue weighted by atomic mass is 10.2. The SMILES string of the molecule is CCOC(=O)c1ccc(NC(=O)C(C)NS(=O)(=O)c2ccc(Br)cc2)cc1. The number of esters is 1. The Balaban J connectivity index is 2.01. The van der Waals surface area contributed by atoms with Gasteiger partial charge in [-0.05, 0) is 62.4 Å². The zero-order valence-corrected chi connectivity index (χ0v) is 17.1. The van der Waals surface area contributed by atoms with Gasteiger partial charge in [-0.15, -0.1) is 0 Å². The molecule has 0 spiro atoms. The molecule has 0 fully saturated rings. The van der Waals surface area contributed by atoms with E-state index >= 15 is 0 Å². The number of hydrogen-bond acceptors (Lipinski definition) is 5. The van der Waals surface area contributed by atoms with Crippen LogP contribution in [0.15, 0.2) is 57.9 Å². The predicted octanol–water partition coefficient (Wildman–Crippen LogP) is 2.93. The number of carbonyl (C=O) groups is 2. The molecule has 0 radical (unpaired) electrons. The Bertz CT molecular complexity index is 912. The van der Waals surface area contributed by atoms with Crippen LogP contribution in [0.1, 0.15) is 24.2 Å². The van der Waals surface area contributed by atoms with Crippen LogP contribution in [0.5, 0.6) is 0 Å². The van der Waals surface area contributed by atoms with Gasteiger partial charge in [0, 0.05) is 10.2 Å². The largest absolute Gasteiger partial charge is 0.462 e. The van der Waals surface area contributed by atoms with Gasteiger partial charge in [-0.2, -0.15) is 4.72 Å². The van der Waals surface area contributed by atoms with Crippen molar-refractivity contribution in [3.63, 3.8) is 0 Å². The lowest BCUT2D eigenvalue weighted by Gasteiger charge is -2.15. The van der Waals surface area contributed by atoms with Crippen molar-refractivity contribution in [3.05, 3.63) is 58.6 Å². The Morgan fingerprint density at radius 3 is 2.22 bits per heavy atom. The molecule has 27 heavy (non-hydrogen) atoms. The molecule has 0 bridgehead atoms. The Kier molecular flexibility index (Phi) is 7.11. The molecule has 7 nitrogen and oxygen atoms in total. The second kappa shape index (κ2) is 9.12. The van der Waals surface area contributed by atoms with Gasteiger partial charge >= 0.3 is 5.97 Å². The maximum Gasteiger partial charge on any atom is 0.338 e. The van der Waals surface area contributed by atoms with E-state index in [4.69, 9.17) is 4.74 Å². The van der Waals surface area contributed by atoms with E-state index in [1.165, 1.54) is 31.2 Å². The normalized spacial score (nSPS) is 12.3. The Morgan fingerprint density at radius 2 is 1.67 bits per heavy atom. The van der Waals surface area contributed by atoms with Gasteiger partial charge in [0.25, 0.3) is 0 Å². The summed E-state index contributed by atoms with van der Waals surface area (Å²) in [4.78, 5) is 23.9. The molecular weight excluding hydrogens is 436 g/mol. The minimum atomic E-state index is -3.83. The second-order valence-electron chi connectivity index (χ2n) is 5.58. The molecule has 2 N–H and O–H groups in total. The van der Waals surface area contributed by atoms with Gasteiger partial charge < -0.3 is 10.1 Å². The smallest absolute Gasteiger partial charge is 0.338 e. The van der Waals surface area contributed by atoms with Gasteiger partial charge in [-0.3, -0.25) is 4.79 Å². The monoisotopic (exact) mass is 454 g/mol. The van der Waals surface area contributed by atoms with Gasteiger partial charge in [0.05, 0.1) is 23.1 Å². The summed E-state index contributed by atoms with van der Waals surface area (Å²) in [6, 6.07) is 11.2. The van der Waals surface area contributed by atoms with Crippen molar-refractivity contribution in [3.8, 4) is 0 Å². The lowest BCUT2D eigenvalue weighted by Crippen LogP contribution is -2.41. The highest BCUT2D eigenvalue weighted by molar-refractivity contribution is 9.10. The molecule has 2 aromatic rings. The molecule has 0 aliphatic rings. The standard InChI is InChI=1S/C18H19BrN2O5S/c1-3-26-18(23)13-4-8-15(9-5-13)20-17(22)12(2)21-27(24,25)16-10-6-14(19)7-11-16/h4-12,21H,3H2,1-2H3,(H,20,22). The van der Waals surface area contributed by atoms with E-state index in [2.05, 4.69) is 26.0 Å². The third kappa shape index (κ3) is 5.88. The summed E-state index contributed by atoms with van der Waals surface area (Å²) in [5.41, 5.74) is 0.793. The van der Waals surface area contributed by atoms with E-state index < -0.39 is 27.9 Å². The van der Waals surface area contributed by atoms with E-state index in [1.54, 1.807) is 31.2 Å². The van der Waals surface area contributed by atoms with E-state index in [-0.39, 0.29) is 11.5 Å². The van der Waals surface area contributed by atoms with Crippen LogP contribution in [0.25, 0.3) is 0 Å². The molecule has 0 saturated heterocycles. The molecule has 0 aliphatic carbocycles. The van der Waals surface area contributed by atoms with Crippen molar-refractivity contribution >= 4 is 43.5 Å². The number of nitrogens with one attached hydrogen (secondary N) is 2. The molecule has 144 valence electrons. The summed E-state index contributed by atoms with van der Waals surface area (Å²) in [6.07, 6.45) is 0. The highest BCUT2D eigenvalue weighted by atomic mass is 79.9. The molecule has 0 heterocycles. The van der Waals surface area contributed by atoms with Gasteiger partial charge in [-0.25, -0.2) is 13.2 Å². The molecule has 9 heteroatoms. The average molecular weight is 455 g/mol. The van der Waals surface area contributed by atoms with E-state index in [0.29, 0.717) is 11.3 Å². The Hall–Kier alpha value is -2.23. The maximum atomic E-state index is 12.3. The van der Waals surface area contributed by atoms with Gasteiger partial charge in [0.15, 0.2) is 0 Å². The summed E-state index contributed by atoms with van der Waals surface area (Å²) < 4.78 is 32.6. The van der Waals surface area contributed by atoms with Crippen LogP contribution in [-0.4, -0.2) is 32.9 Å². The molecule has 1 atom stereocenters. The fraction of sp³-hybridized carbons (Fsp3) is 0.222. The number of ether oxygens (including phenoxy) is 1. The summed E-state index contributed by atoms with van der Waals surface area (Å²) in [7, 11) is -3.83. The van der Waals surface area contributed by atoms with Gasteiger partial charge in [0.2, 0.25) is 15.9 Å². The fourth-order valence-corrected chi connectivity index (χ4v) is 3.59. The van der Waals surface area contributed by atoms with Crippen LogP contribution in [0.2, 0.25) is 0 Å².